The first-order valence-electron chi connectivity index (χ1n) is 7.56. The summed E-state index contributed by atoms with van der Waals surface area (Å²) in [7, 11) is 3.16. The lowest BCUT2D eigenvalue weighted by Gasteiger charge is -2.13. The number of ether oxygens (including phenoxy) is 2. The van der Waals surface area contributed by atoms with E-state index < -0.39 is 0 Å². The van der Waals surface area contributed by atoms with E-state index in [4.69, 9.17) is 21.1 Å². The van der Waals surface area contributed by atoms with Crippen LogP contribution in [0.5, 0.6) is 11.5 Å². The van der Waals surface area contributed by atoms with Gasteiger partial charge in [-0.1, -0.05) is 23.7 Å². The van der Waals surface area contributed by atoms with Gasteiger partial charge in [0.15, 0.2) is 0 Å². The Hall–Kier alpha value is -2.40. The van der Waals surface area contributed by atoms with Crippen LogP contribution in [0.2, 0.25) is 5.02 Å². The monoisotopic (exact) mass is 348 g/mol. The molecule has 0 aliphatic heterocycles. The van der Waals surface area contributed by atoms with E-state index in [1.165, 1.54) is 0 Å². The molecule has 0 aliphatic carbocycles. The molecular formula is C18H21ClN2O3. The van der Waals surface area contributed by atoms with Gasteiger partial charge < -0.3 is 20.1 Å². The van der Waals surface area contributed by atoms with Crippen LogP contribution in [0.25, 0.3) is 0 Å². The summed E-state index contributed by atoms with van der Waals surface area (Å²) in [4.78, 5) is 12.1. The minimum Gasteiger partial charge on any atom is -0.495 e. The zero-order chi connectivity index (χ0) is 17.5. The maximum atomic E-state index is 12.1. The van der Waals surface area contributed by atoms with Gasteiger partial charge in [0.2, 0.25) is 5.91 Å². The molecule has 0 saturated heterocycles. The molecule has 2 aromatic rings. The smallest absolute Gasteiger partial charge is 0.226 e. The number of carbonyl (C=O) groups is 1. The van der Waals surface area contributed by atoms with E-state index in [9.17, 15) is 4.79 Å². The Kier molecular flexibility index (Phi) is 6.32. The summed E-state index contributed by atoms with van der Waals surface area (Å²) >= 11 is 6.08. The quantitative estimate of drug-likeness (QED) is 0.790. The molecule has 6 heteroatoms. The Morgan fingerprint density at radius 1 is 1.08 bits per heavy atom. The van der Waals surface area contributed by atoms with E-state index in [-0.39, 0.29) is 5.91 Å². The number of halogens is 1. The predicted octanol–water partition coefficient (Wildman–Crippen LogP) is 4.11. The van der Waals surface area contributed by atoms with Crippen molar-refractivity contribution in [3.63, 3.8) is 0 Å². The number of anilines is 2. The number of rotatable bonds is 7. The van der Waals surface area contributed by atoms with Crippen molar-refractivity contribution >= 4 is 28.9 Å². The van der Waals surface area contributed by atoms with Crippen LogP contribution in [-0.4, -0.2) is 26.7 Å². The Labute approximate surface area is 146 Å². The summed E-state index contributed by atoms with van der Waals surface area (Å²) in [5, 5.41) is 6.69. The molecule has 128 valence electrons. The molecular weight excluding hydrogens is 328 g/mol. The van der Waals surface area contributed by atoms with Crippen LogP contribution in [0.4, 0.5) is 11.4 Å². The molecule has 0 atom stereocenters. The highest BCUT2D eigenvalue weighted by Gasteiger charge is 2.09. The predicted molar refractivity (Wildman–Crippen MR) is 97.5 cm³/mol. The van der Waals surface area contributed by atoms with Crippen LogP contribution < -0.4 is 20.1 Å². The fourth-order valence-corrected chi connectivity index (χ4v) is 2.40. The summed E-state index contributed by atoms with van der Waals surface area (Å²) in [6.07, 6.45) is 0.308. The minimum atomic E-state index is -0.100. The standard InChI is InChI=1S/C18H21ClN2O3/c1-12-10-15(17(24-3)11-13(12)19)20-9-8-18(22)21-14-6-4-5-7-16(14)23-2/h4-7,10-11,20H,8-9H2,1-3H3,(H,21,22). The highest BCUT2D eigenvalue weighted by Crippen LogP contribution is 2.30. The first-order valence-corrected chi connectivity index (χ1v) is 7.93. The molecule has 24 heavy (non-hydrogen) atoms. The third kappa shape index (κ3) is 4.55. The fraction of sp³-hybridized carbons (Fsp3) is 0.278. The Balaban J connectivity index is 1.92. The lowest BCUT2D eigenvalue weighted by atomic mass is 10.2. The number of amides is 1. The summed E-state index contributed by atoms with van der Waals surface area (Å²) in [5.74, 6) is 1.18. The molecule has 1 amide bonds. The van der Waals surface area contributed by atoms with Crippen molar-refractivity contribution in [1.29, 1.82) is 0 Å². The molecule has 2 N–H and O–H groups in total. The second kappa shape index (κ2) is 8.45. The lowest BCUT2D eigenvalue weighted by Crippen LogP contribution is -2.17. The number of nitrogens with one attached hydrogen (secondary N) is 2. The minimum absolute atomic E-state index is 0.100. The van der Waals surface area contributed by atoms with Crippen molar-refractivity contribution < 1.29 is 14.3 Å². The first-order chi connectivity index (χ1) is 11.5. The molecule has 0 heterocycles. The van der Waals surface area contributed by atoms with Gasteiger partial charge in [-0.05, 0) is 30.7 Å². The summed E-state index contributed by atoms with van der Waals surface area (Å²) in [5.41, 5.74) is 2.41. The lowest BCUT2D eigenvalue weighted by molar-refractivity contribution is -0.116. The number of aryl methyl sites for hydroxylation is 1. The van der Waals surface area contributed by atoms with Crippen molar-refractivity contribution in [2.45, 2.75) is 13.3 Å². The van der Waals surface area contributed by atoms with E-state index in [1.54, 1.807) is 32.4 Å². The van der Waals surface area contributed by atoms with Gasteiger partial charge in [0.05, 0.1) is 25.6 Å². The van der Waals surface area contributed by atoms with Crippen LogP contribution in [0, 0.1) is 6.92 Å². The molecule has 0 saturated carbocycles. The SMILES string of the molecule is COc1cc(Cl)c(C)cc1NCCC(=O)Nc1ccccc1OC. The van der Waals surface area contributed by atoms with Gasteiger partial charge in [0.1, 0.15) is 11.5 Å². The van der Waals surface area contributed by atoms with Crippen LogP contribution in [-0.2, 0) is 4.79 Å². The van der Waals surface area contributed by atoms with Gasteiger partial charge in [-0.3, -0.25) is 4.79 Å². The van der Waals surface area contributed by atoms with E-state index in [2.05, 4.69) is 10.6 Å². The van der Waals surface area contributed by atoms with Crippen molar-refractivity contribution in [2.24, 2.45) is 0 Å². The molecule has 5 nitrogen and oxygen atoms in total. The average molecular weight is 349 g/mol. The topological polar surface area (TPSA) is 59.6 Å². The Morgan fingerprint density at radius 2 is 1.79 bits per heavy atom. The molecule has 0 fully saturated rings. The van der Waals surface area contributed by atoms with Gasteiger partial charge >= 0.3 is 0 Å². The third-order valence-corrected chi connectivity index (χ3v) is 3.94. The molecule has 0 unspecified atom stereocenters. The average Bonchev–Trinajstić information content (AvgIpc) is 2.58. The van der Waals surface area contributed by atoms with E-state index >= 15 is 0 Å². The van der Waals surface area contributed by atoms with Gasteiger partial charge in [-0.25, -0.2) is 0 Å². The zero-order valence-electron chi connectivity index (χ0n) is 14.0. The maximum absolute atomic E-state index is 12.1. The van der Waals surface area contributed by atoms with Gasteiger partial charge in [-0.15, -0.1) is 0 Å². The Bertz CT molecular complexity index is 719. The summed E-state index contributed by atoms with van der Waals surface area (Å²) in [6, 6.07) is 11.0. The highest BCUT2D eigenvalue weighted by atomic mass is 35.5. The Morgan fingerprint density at radius 3 is 2.50 bits per heavy atom. The van der Waals surface area contributed by atoms with Crippen LogP contribution in [0.1, 0.15) is 12.0 Å². The second-order valence-electron chi connectivity index (χ2n) is 5.23. The normalized spacial score (nSPS) is 10.2. The number of benzene rings is 2. The summed E-state index contributed by atoms with van der Waals surface area (Å²) < 4.78 is 10.5. The molecule has 0 spiro atoms. The van der Waals surface area contributed by atoms with Crippen molar-refractivity contribution in [3.8, 4) is 11.5 Å². The largest absolute Gasteiger partial charge is 0.495 e. The molecule has 2 aromatic carbocycles. The number of methoxy groups -OCH3 is 2. The molecule has 0 radical (unpaired) electrons. The first kappa shape index (κ1) is 17.9. The third-order valence-electron chi connectivity index (χ3n) is 3.53. The molecule has 0 aliphatic rings. The van der Waals surface area contributed by atoms with E-state index in [0.29, 0.717) is 35.2 Å². The van der Waals surface area contributed by atoms with Gasteiger partial charge in [0, 0.05) is 24.1 Å². The number of para-hydroxylation sites is 2. The molecule has 0 bridgehead atoms. The second-order valence-corrected chi connectivity index (χ2v) is 5.63. The number of carbonyl (C=O) groups excluding carboxylic acids is 1. The van der Waals surface area contributed by atoms with Gasteiger partial charge in [0.25, 0.3) is 0 Å². The zero-order valence-corrected chi connectivity index (χ0v) is 14.7. The van der Waals surface area contributed by atoms with Crippen LogP contribution >= 0.6 is 11.6 Å². The highest BCUT2D eigenvalue weighted by molar-refractivity contribution is 6.31. The number of hydrogen-bond donors (Lipinski definition) is 2. The summed E-state index contributed by atoms with van der Waals surface area (Å²) in [6.45, 7) is 2.39. The van der Waals surface area contributed by atoms with E-state index in [0.717, 1.165) is 11.3 Å². The maximum Gasteiger partial charge on any atom is 0.226 e. The molecule has 0 aromatic heterocycles. The number of hydrogen-bond acceptors (Lipinski definition) is 4. The van der Waals surface area contributed by atoms with E-state index in [1.807, 2.05) is 25.1 Å². The van der Waals surface area contributed by atoms with Crippen LogP contribution in [0.3, 0.4) is 0 Å². The van der Waals surface area contributed by atoms with Crippen molar-refractivity contribution in [3.05, 3.63) is 47.0 Å². The van der Waals surface area contributed by atoms with Crippen molar-refractivity contribution in [2.75, 3.05) is 31.4 Å². The fourth-order valence-electron chi connectivity index (χ4n) is 2.24. The van der Waals surface area contributed by atoms with Crippen LogP contribution in [0.15, 0.2) is 36.4 Å². The molecule has 2 rings (SSSR count). The van der Waals surface area contributed by atoms with Gasteiger partial charge in [-0.2, -0.15) is 0 Å². The van der Waals surface area contributed by atoms with Crippen molar-refractivity contribution in [1.82, 2.24) is 0 Å².